The fourth-order valence-electron chi connectivity index (χ4n) is 7.58. The topological polar surface area (TPSA) is 3.24 Å². The summed E-state index contributed by atoms with van der Waals surface area (Å²) < 4.78 is 17.0. The zero-order valence-corrected chi connectivity index (χ0v) is 24.8. The lowest BCUT2D eigenvalue weighted by atomic mass is 9.74. The minimum absolute atomic E-state index is 0.0666. The molecule has 0 radical (unpaired) electrons. The van der Waals surface area contributed by atoms with E-state index in [0.717, 1.165) is 51.9 Å². The first kappa shape index (κ1) is 26.0. The molecule has 2 aliphatic carbocycles. The van der Waals surface area contributed by atoms with Crippen LogP contribution in [0.2, 0.25) is 0 Å². The van der Waals surface area contributed by atoms with Crippen molar-refractivity contribution in [3.63, 3.8) is 0 Å². The first-order chi connectivity index (χ1) is 22.2. The van der Waals surface area contributed by atoms with Crippen molar-refractivity contribution in [2.45, 2.75) is 18.3 Å². The monoisotopic (exact) mass is 579 g/mol. The number of halogens is 1. The molecule has 0 aliphatic heterocycles. The predicted octanol–water partition coefficient (Wildman–Crippen LogP) is 11.8. The Morgan fingerprint density at radius 1 is 0.489 bits per heavy atom. The molecule has 1 spiro atoms. The van der Waals surface area contributed by atoms with Gasteiger partial charge in [0.25, 0.3) is 0 Å². The van der Waals surface area contributed by atoms with Crippen molar-refractivity contribution in [1.82, 2.24) is 0 Å². The van der Waals surface area contributed by atoms with Gasteiger partial charge in [-0.25, -0.2) is 4.39 Å². The van der Waals surface area contributed by atoms with Crippen LogP contribution in [0.1, 0.15) is 24.0 Å². The van der Waals surface area contributed by atoms with Crippen LogP contribution in [0.5, 0.6) is 0 Å². The summed E-state index contributed by atoms with van der Waals surface area (Å²) in [6.07, 6.45) is 2.31. The summed E-state index contributed by atoms with van der Waals surface area (Å²) in [5.74, 6) is -0.261. The SMILES string of the molecule is Fc1cc(-c2ccccc2)cc(-c2ccccc2)c1N(c1ccccc1)c1ccc2c3c(cccc13)-c1ccccc1C21CC1. The highest BCUT2D eigenvalue weighted by molar-refractivity contribution is 6.11. The Labute approximate surface area is 262 Å². The largest absolute Gasteiger partial charge is 0.307 e. The van der Waals surface area contributed by atoms with Crippen LogP contribution >= 0.6 is 0 Å². The van der Waals surface area contributed by atoms with Gasteiger partial charge in [0.15, 0.2) is 0 Å². The average molecular weight is 580 g/mol. The van der Waals surface area contributed by atoms with E-state index >= 15 is 4.39 Å². The van der Waals surface area contributed by atoms with E-state index in [1.54, 1.807) is 6.07 Å². The Morgan fingerprint density at radius 2 is 1.13 bits per heavy atom. The lowest BCUT2D eigenvalue weighted by molar-refractivity contribution is 0.630. The molecule has 7 aromatic rings. The van der Waals surface area contributed by atoms with Gasteiger partial charge in [-0.3, -0.25) is 0 Å². The lowest BCUT2D eigenvalue weighted by Gasteiger charge is -2.33. The molecular weight excluding hydrogens is 549 g/mol. The van der Waals surface area contributed by atoms with Crippen LogP contribution in [0, 0.1) is 5.82 Å². The van der Waals surface area contributed by atoms with E-state index in [2.05, 4.69) is 89.8 Å². The van der Waals surface area contributed by atoms with Gasteiger partial charge >= 0.3 is 0 Å². The van der Waals surface area contributed by atoms with Crippen molar-refractivity contribution in [2.75, 3.05) is 4.90 Å². The van der Waals surface area contributed by atoms with Gasteiger partial charge in [0.05, 0.1) is 11.4 Å². The number of fused-ring (bicyclic) bond motifs is 4. The zero-order chi connectivity index (χ0) is 30.0. The van der Waals surface area contributed by atoms with Gasteiger partial charge in [0.2, 0.25) is 0 Å². The molecule has 2 heteroatoms. The summed E-state index contributed by atoms with van der Waals surface area (Å²) in [6, 6.07) is 54.4. The number of rotatable bonds is 5. The minimum atomic E-state index is -0.261. The summed E-state index contributed by atoms with van der Waals surface area (Å²) in [5, 5.41) is 2.43. The second-order valence-corrected chi connectivity index (χ2v) is 12.2. The Bertz CT molecular complexity index is 2220. The molecule has 0 amide bonds. The van der Waals surface area contributed by atoms with Crippen molar-refractivity contribution < 1.29 is 4.39 Å². The van der Waals surface area contributed by atoms with Gasteiger partial charge in [-0.2, -0.15) is 0 Å². The highest BCUT2D eigenvalue weighted by Gasteiger charge is 2.50. The Morgan fingerprint density at radius 3 is 1.87 bits per heavy atom. The molecule has 45 heavy (non-hydrogen) atoms. The zero-order valence-electron chi connectivity index (χ0n) is 24.8. The van der Waals surface area contributed by atoms with Gasteiger partial charge < -0.3 is 4.90 Å². The number of anilines is 3. The molecule has 1 saturated carbocycles. The van der Waals surface area contributed by atoms with Crippen molar-refractivity contribution in [1.29, 1.82) is 0 Å². The first-order valence-electron chi connectivity index (χ1n) is 15.7. The third-order valence-electron chi connectivity index (χ3n) is 9.75. The predicted molar refractivity (Wildman–Crippen MR) is 185 cm³/mol. The molecular formula is C43H30FN. The van der Waals surface area contributed by atoms with Crippen LogP contribution in [0.15, 0.2) is 158 Å². The van der Waals surface area contributed by atoms with E-state index in [1.165, 1.54) is 27.6 Å². The Kier molecular flexibility index (Phi) is 5.79. The van der Waals surface area contributed by atoms with Gasteiger partial charge in [-0.05, 0) is 87.5 Å². The third kappa shape index (κ3) is 3.99. The molecule has 9 rings (SSSR count). The van der Waals surface area contributed by atoms with Crippen LogP contribution in [0.25, 0.3) is 44.2 Å². The maximum Gasteiger partial charge on any atom is 0.148 e. The Hall–Kier alpha value is -5.47. The summed E-state index contributed by atoms with van der Waals surface area (Å²) in [6.45, 7) is 0. The number of benzene rings is 7. The summed E-state index contributed by atoms with van der Waals surface area (Å²) in [4.78, 5) is 2.13. The highest BCUT2D eigenvalue weighted by atomic mass is 19.1. The quantitative estimate of drug-likeness (QED) is 0.196. The second-order valence-electron chi connectivity index (χ2n) is 12.2. The van der Waals surface area contributed by atoms with Crippen molar-refractivity contribution in [2.24, 2.45) is 0 Å². The molecule has 0 N–H and O–H groups in total. The number of para-hydroxylation sites is 1. The standard InChI is InChI=1S/C43H30FN/c44-39-28-31(29-13-4-1-5-14-29)27-36(30-15-6-2-7-16-30)42(39)45(32-17-8-3-9-18-32)40-24-23-38-41-34(20-12-21-35(40)41)33-19-10-11-22-37(33)43(38)25-26-43/h1-24,27-28H,25-26H2. The summed E-state index contributed by atoms with van der Waals surface area (Å²) >= 11 is 0. The molecule has 0 atom stereocenters. The maximum absolute atomic E-state index is 17.0. The fraction of sp³-hybridized carbons (Fsp3) is 0.0698. The van der Waals surface area contributed by atoms with Crippen LogP contribution < -0.4 is 4.90 Å². The molecule has 0 aromatic heterocycles. The highest BCUT2D eigenvalue weighted by Crippen LogP contribution is 2.62. The molecule has 0 saturated heterocycles. The van der Waals surface area contributed by atoms with Gasteiger partial charge in [-0.15, -0.1) is 0 Å². The number of hydrogen-bond acceptors (Lipinski definition) is 1. The van der Waals surface area contributed by atoms with E-state index in [-0.39, 0.29) is 11.2 Å². The smallest absolute Gasteiger partial charge is 0.148 e. The molecule has 1 fully saturated rings. The molecule has 0 unspecified atom stereocenters. The minimum Gasteiger partial charge on any atom is -0.307 e. The molecule has 0 bridgehead atoms. The van der Waals surface area contributed by atoms with E-state index in [1.807, 2.05) is 66.7 Å². The number of nitrogens with zero attached hydrogens (tertiary/aromatic N) is 1. The van der Waals surface area contributed by atoms with Crippen LogP contribution in [0.4, 0.5) is 21.5 Å². The molecule has 0 heterocycles. The third-order valence-corrected chi connectivity index (χ3v) is 9.75. The van der Waals surface area contributed by atoms with E-state index in [0.29, 0.717) is 5.69 Å². The fourth-order valence-corrected chi connectivity index (χ4v) is 7.58. The summed E-state index contributed by atoms with van der Waals surface area (Å²) in [7, 11) is 0. The van der Waals surface area contributed by atoms with Crippen molar-refractivity contribution in [3.05, 3.63) is 175 Å². The molecule has 214 valence electrons. The van der Waals surface area contributed by atoms with Gasteiger partial charge in [0, 0.05) is 22.1 Å². The van der Waals surface area contributed by atoms with Crippen molar-refractivity contribution in [3.8, 4) is 33.4 Å². The molecule has 7 aromatic carbocycles. The maximum atomic E-state index is 17.0. The van der Waals surface area contributed by atoms with E-state index in [9.17, 15) is 0 Å². The molecule has 1 nitrogen and oxygen atoms in total. The Balaban J connectivity index is 1.36. The van der Waals surface area contributed by atoms with Crippen LogP contribution in [-0.2, 0) is 5.41 Å². The first-order valence-corrected chi connectivity index (χ1v) is 15.7. The van der Waals surface area contributed by atoms with Gasteiger partial charge in [-0.1, -0.05) is 127 Å². The summed E-state index contributed by atoms with van der Waals surface area (Å²) in [5.41, 5.74) is 11.6. The average Bonchev–Trinajstić information content (AvgIpc) is 3.91. The van der Waals surface area contributed by atoms with E-state index < -0.39 is 0 Å². The second kappa shape index (κ2) is 10.0. The van der Waals surface area contributed by atoms with E-state index in [4.69, 9.17) is 0 Å². The van der Waals surface area contributed by atoms with Crippen LogP contribution in [0.3, 0.4) is 0 Å². The van der Waals surface area contributed by atoms with Crippen LogP contribution in [-0.4, -0.2) is 0 Å². The van der Waals surface area contributed by atoms with Gasteiger partial charge in [0.1, 0.15) is 5.82 Å². The normalized spacial score (nSPS) is 13.9. The molecule has 2 aliphatic rings. The number of hydrogen-bond donors (Lipinski definition) is 0. The van der Waals surface area contributed by atoms with Crippen molar-refractivity contribution >= 4 is 27.8 Å². The lowest BCUT2D eigenvalue weighted by Crippen LogP contribution is -2.18.